The van der Waals surface area contributed by atoms with Crippen molar-refractivity contribution in [2.75, 3.05) is 25.2 Å². The van der Waals surface area contributed by atoms with Crippen molar-refractivity contribution in [1.82, 2.24) is 15.2 Å². The second kappa shape index (κ2) is 9.98. The van der Waals surface area contributed by atoms with Crippen LogP contribution in [0.3, 0.4) is 0 Å². The van der Waals surface area contributed by atoms with Gasteiger partial charge in [-0.25, -0.2) is 0 Å². The van der Waals surface area contributed by atoms with Gasteiger partial charge in [-0.15, -0.1) is 0 Å². The fourth-order valence-corrected chi connectivity index (χ4v) is 4.12. The molecule has 4 rings (SSSR count). The number of para-hydroxylation sites is 1. The van der Waals surface area contributed by atoms with E-state index < -0.39 is 11.8 Å². The SMILES string of the molecule is COCCNC(=O)Cn1cc(C=C2C(=O)NC(=S)N(c3cccc(C)c3)C2=O)c2ccccc21. The van der Waals surface area contributed by atoms with Crippen LogP contribution < -0.4 is 15.5 Å². The lowest BCUT2D eigenvalue weighted by Crippen LogP contribution is -2.54. The van der Waals surface area contributed by atoms with E-state index in [1.807, 2.05) is 49.4 Å². The number of benzene rings is 2. The van der Waals surface area contributed by atoms with Crippen LogP contribution >= 0.6 is 12.2 Å². The summed E-state index contributed by atoms with van der Waals surface area (Å²) in [5.74, 6) is -1.24. The van der Waals surface area contributed by atoms with Gasteiger partial charge < -0.3 is 14.6 Å². The molecule has 0 atom stereocenters. The first-order chi connectivity index (χ1) is 16.4. The van der Waals surface area contributed by atoms with E-state index in [4.69, 9.17) is 17.0 Å². The average Bonchev–Trinajstić information content (AvgIpc) is 3.14. The normalized spacial score (nSPS) is 15.2. The molecule has 3 aromatic rings. The van der Waals surface area contributed by atoms with Gasteiger partial charge in [-0.3, -0.25) is 24.6 Å². The van der Waals surface area contributed by atoms with Gasteiger partial charge in [0.05, 0.1) is 12.3 Å². The Hall–Kier alpha value is -3.82. The van der Waals surface area contributed by atoms with Crippen molar-refractivity contribution in [3.8, 4) is 0 Å². The first-order valence-electron chi connectivity index (χ1n) is 10.7. The summed E-state index contributed by atoms with van der Waals surface area (Å²) >= 11 is 5.28. The van der Waals surface area contributed by atoms with Crippen LogP contribution in [-0.4, -0.2) is 47.7 Å². The molecule has 0 spiro atoms. The van der Waals surface area contributed by atoms with E-state index in [1.54, 1.807) is 30.0 Å². The largest absolute Gasteiger partial charge is 0.383 e. The highest BCUT2D eigenvalue weighted by atomic mass is 32.1. The molecule has 0 aliphatic carbocycles. The average molecular weight is 477 g/mol. The predicted octanol–water partition coefficient (Wildman–Crippen LogP) is 2.54. The van der Waals surface area contributed by atoms with Crippen LogP contribution in [0, 0.1) is 6.92 Å². The molecule has 34 heavy (non-hydrogen) atoms. The maximum atomic E-state index is 13.4. The summed E-state index contributed by atoms with van der Waals surface area (Å²) < 4.78 is 6.75. The number of carbonyl (C=O) groups excluding carboxylic acids is 3. The van der Waals surface area contributed by atoms with Crippen molar-refractivity contribution in [2.24, 2.45) is 0 Å². The smallest absolute Gasteiger partial charge is 0.270 e. The Labute approximate surface area is 202 Å². The molecule has 2 aromatic carbocycles. The van der Waals surface area contributed by atoms with E-state index in [2.05, 4.69) is 10.6 Å². The minimum absolute atomic E-state index is 0.0351. The summed E-state index contributed by atoms with van der Waals surface area (Å²) in [5.41, 5.74) is 2.96. The Balaban J connectivity index is 1.70. The number of fused-ring (bicyclic) bond motifs is 1. The Bertz CT molecular complexity index is 1330. The second-order valence-corrected chi connectivity index (χ2v) is 8.26. The molecule has 0 radical (unpaired) electrons. The number of rotatable bonds is 7. The number of anilines is 1. The van der Waals surface area contributed by atoms with Gasteiger partial charge in [0.15, 0.2) is 5.11 Å². The maximum Gasteiger partial charge on any atom is 0.270 e. The third-order valence-electron chi connectivity index (χ3n) is 5.42. The van der Waals surface area contributed by atoms with Crippen molar-refractivity contribution in [3.63, 3.8) is 0 Å². The standard InChI is InChI=1S/C25H24N4O4S/c1-16-6-5-7-18(12-16)29-24(32)20(23(31)27-25(29)34)13-17-14-28(15-22(30)26-10-11-33-2)21-9-4-3-8-19(17)21/h3-9,12-14H,10-11,15H2,1-2H3,(H,26,30)(H,27,31,34). The maximum absolute atomic E-state index is 13.4. The molecular weight excluding hydrogens is 452 g/mol. The molecule has 1 saturated heterocycles. The van der Waals surface area contributed by atoms with Crippen LogP contribution in [0.25, 0.3) is 17.0 Å². The summed E-state index contributed by atoms with van der Waals surface area (Å²) in [5, 5.41) is 6.26. The Morgan fingerprint density at radius 1 is 1.18 bits per heavy atom. The molecule has 9 heteroatoms. The van der Waals surface area contributed by atoms with Crippen LogP contribution in [0.4, 0.5) is 5.69 Å². The molecule has 2 N–H and O–H groups in total. The molecule has 174 valence electrons. The van der Waals surface area contributed by atoms with E-state index in [1.165, 1.54) is 4.90 Å². The number of ether oxygens (including phenoxy) is 1. The highest BCUT2D eigenvalue weighted by molar-refractivity contribution is 7.80. The lowest BCUT2D eigenvalue weighted by Gasteiger charge is -2.29. The number of amides is 3. The van der Waals surface area contributed by atoms with Gasteiger partial charge in [0.1, 0.15) is 12.1 Å². The minimum Gasteiger partial charge on any atom is -0.383 e. The van der Waals surface area contributed by atoms with E-state index in [9.17, 15) is 14.4 Å². The molecule has 1 aliphatic heterocycles. The van der Waals surface area contributed by atoms with Crippen molar-refractivity contribution in [3.05, 3.63) is 71.4 Å². The molecule has 1 fully saturated rings. The number of thiocarbonyl (C=S) groups is 1. The number of aromatic nitrogens is 1. The molecule has 3 amide bonds. The van der Waals surface area contributed by atoms with E-state index in [-0.39, 0.29) is 23.1 Å². The second-order valence-electron chi connectivity index (χ2n) is 7.87. The zero-order chi connectivity index (χ0) is 24.2. The van der Waals surface area contributed by atoms with Gasteiger partial charge >= 0.3 is 0 Å². The number of nitrogens with zero attached hydrogens (tertiary/aromatic N) is 2. The highest BCUT2D eigenvalue weighted by Gasteiger charge is 2.34. The Kier molecular flexibility index (Phi) is 6.85. The molecule has 1 aliphatic rings. The van der Waals surface area contributed by atoms with Crippen LogP contribution in [0.5, 0.6) is 0 Å². The minimum atomic E-state index is -0.562. The van der Waals surface area contributed by atoms with Crippen molar-refractivity contribution < 1.29 is 19.1 Å². The fraction of sp³-hybridized carbons (Fsp3) is 0.200. The van der Waals surface area contributed by atoms with Gasteiger partial charge in [0.25, 0.3) is 11.8 Å². The van der Waals surface area contributed by atoms with Gasteiger partial charge in [-0.2, -0.15) is 0 Å². The highest BCUT2D eigenvalue weighted by Crippen LogP contribution is 2.27. The van der Waals surface area contributed by atoms with Gasteiger partial charge in [0, 0.05) is 36.3 Å². The first kappa shape index (κ1) is 23.3. The Morgan fingerprint density at radius 2 is 1.97 bits per heavy atom. The van der Waals surface area contributed by atoms with E-state index in [0.717, 1.165) is 16.5 Å². The number of nitrogens with one attached hydrogen (secondary N) is 2. The molecular formula is C25H24N4O4S. The van der Waals surface area contributed by atoms with Crippen molar-refractivity contribution >= 4 is 57.7 Å². The topological polar surface area (TPSA) is 92.7 Å². The summed E-state index contributed by atoms with van der Waals surface area (Å²) in [6.45, 7) is 2.84. The summed E-state index contributed by atoms with van der Waals surface area (Å²) in [6.07, 6.45) is 3.31. The predicted molar refractivity (Wildman–Crippen MR) is 134 cm³/mol. The van der Waals surface area contributed by atoms with Crippen LogP contribution in [0.15, 0.2) is 60.3 Å². The number of hydrogen-bond donors (Lipinski definition) is 2. The van der Waals surface area contributed by atoms with Crippen LogP contribution in [0.2, 0.25) is 0 Å². The van der Waals surface area contributed by atoms with E-state index >= 15 is 0 Å². The van der Waals surface area contributed by atoms with Gasteiger partial charge in [-0.05, 0) is 49.0 Å². The molecule has 0 unspecified atom stereocenters. The number of carbonyl (C=O) groups is 3. The van der Waals surface area contributed by atoms with Crippen LogP contribution in [0.1, 0.15) is 11.1 Å². The van der Waals surface area contributed by atoms with Crippen molar-refractivity contribution in [1.29, 1.82) is 0 Å². The number of aryl methyl sites for hydroxylation is 1. The summed E-state index contributed by atoms with van der Waals surface area (Å²) in [4.78, 5) is 39.8. The third-order valence-corrected chi connectivity index (χ3v) is 5.71. The summed E-state index contributed by atoms with van der Waals surface area (Å²) in [6, 6.07) is 14.8. The zero-order valence-corrected chi connectivity index (χ0v) is 19.6. The number of hydrogen-bond acceptors (Lipinski definition) is 5. The quantitative estimate of drug-likeness (QED) is 0.237. The van der Waals surface area contributed by atoms with Gasteiger partial charge in [0.2, 0.25) is 5.91 Å². The Morgan fingerprint density at radius 3 is 2.74 bits per heavy atom. The molecule has 1 aromatic heterocycles. The van der Waals surface area contributed by atoms with Crippen molar-refractivity contribution in [2.45, 2.75) is 13.5 Å². The lowest BCUT2D eigenvalue weighted by atomic mass is 10.1. The summed E-state index contributed by atoms with van der Waals surface area (Å²) in [7, 11) is 1.57. The fourth-order valence-electron chi connectivity index (χ4n) is 3.84. The zero-order valence-electron chi connectivity index (χ0n) is 18.8. The first-order valence-corrected chi connectivity index (χ1v) is 11.1. The lowest BCUT2D eigenvalue weighted by molar-refractivity contribution is -0.123. The molecule has 0 saturated carbocycles. The van der Waals surface area contributed by atoms with Crippen LogP contribution in [-0.2, 0) is 25.7 Å². The van der Waals surface area contributed by atoms with E-state index in [0.29, 0.717) is 24.4 Å². The molecule has 2 heterocycles. The van der Waals surface area contributed by atoms with Gasteiger partial charge in [-0.1, -0.05) is 30.3 Å². The monoisotopic (exact) mass is 476 g/mol. The number of methoxy groups -OCH3 is 1. The third kappa shape index (κ3) is 4.75. The molecule has 0 bridgehead atoms. The molecule has 8 nitrogen and oxygen atoms in total.